The fourth-order valence-electron chi connectivity index (χ4n) is 10.8. The lowest BCUT2D eigenvalue weighted by molar-refractivity contribution is -0.158. The molecule has 2 aromatic carbocycles. The van der Waals surface area contributed by atoms with E-state index in [1.807, 2.05) is 6.92 Å². The number of carbonyl (C=O) groups is 9. The van der Waals surface area contributed by atoms with Crippen LogP contribution >= 0.6 is 27.5 Å². The lowest BCUT2D eigenvalue weighted by atomic mass is 9.83. The van der Waals surface area contributed by atoms with Gasteiger partial charge >= 0.3 is 24.1 Å². The number of unbranched alkanes of at least 4 members (excludes halogenated alkanes) is 1. The number of anilines is 2. The molecule has 0 aliphatic carbocycles. The molecule has 10 atom stereocenters. The predicted molar refractivity (Wildman–Crippen MR) is 346 cm³/mol. The maximum Gasteiger partial charge on any atom is 0.409 e. The third kappa shape index (κ3) is 20.0. The number of aliphatic hydroxyl groups is 1. The monoisotopic (exact) mass is 1390 g/mol. The summed E-state index contributed by atoms with van der Waals surface area (Å²) in [6, 6.07) is 2.04. The van der Waals surface area contributed by atoms with Gasteiger partial charge in [0.25, 0.3) is 5.91 Å². The van der Waals surface area contributed by atoms with E-state index in [-0.39, 0.29) is 70.8 Å². The number of rotatable bonds is 25. The van der Waals surface area contributed by atoms with Crippen molar-refractivity contribution in [1.29, 1.82) is 0 Å². The van der Waals surface area contributed by atoms with Crippen molar-refractivity contribution in [2.24, 2.45) is 17.6 Å². The van der Waals surface area contributed by atoms with Gasteiger partial charge in [0.15, 0.2) is 15.6 Å². The molecule has 0 spiro atoms. The van der Waals surface area contributed by atoms with Crippen molar-refractivity contribution in [1.82, 2.24) is 26.2 Å². The van der Waals surface area contributed by atoms with Crippen LogP contribution in [0.2, 0.25) is 5.02 Å². The zero-order chi connectivity index (χ0) is 69.0. The first-order valence-corrected chi connectivity index (χ1v) is 33.4. The van der Waals surface area contributed by atoms with E-state index >= 15 is 0 Å². The SMILES string of the molecule is C=C(CBr)C(=O)OC(C)(C)CCCCC(=O)N[C@H](C(=O)N[C@@H](CCCNC(N)=O)C(=O)Nc1ccc(C(=O)N(C)[C@@H](C)C(=O)O[C@H]2CC(=O)N(C)c3cc(cc(OC)c3Cl)C/C(C)=C/C=C/[C@@H](OC)[C@@]3(O)C[C@H](OC(=O)N3)[C@@H](C)[C@@H]3O[C@@]23C)cc1S(C)(=O)=O)C(C)C. The number of alkyl halides is 1. The lowest BCUT2D eigenvalue weighted by Crippen LogP contribution is -2.63. The summed E-state index contributed by atoms with van der Waals surface area (Å²) in [7, 11) is 1.29. The van der Waals surface area contributed by atoms with Gasteiger partial charge in [0.1, 0.15) is 58.4 Å². The Kier molecular flexibility index (Phi) is 26.4. The van der Waals surface area contributed by atoms with Crippen LogP contribution in [-0.4, -0.2) is 178 Å². The Morgan fingerprint density at radius 3 is 2.35 bits per heavy atom. The Bertz CT molecular complexity index is 3310. The minimum Gasteiger partial charge on any atom is -0.495 e. The highest BCUT2D eigenvalue weighted by Crippen LogP contribution is 2.49. The van der Waals surface area contributed by atoms with E-state index in [0.717, 1.165) is 28.9 Å². The number of likely N-dealkylation sites (N-methyl/N-ethyl adjacent to an activating group) is 1. The topological polar surface area (TPSA) is 359 Å². The second kappa shape index (κ2) is 32.2. The van der Waals surface area contributed by atoms with E-state index in [0.29, 0.717) is 31.2 Å². The van der Waals surface area contributed by atoms with Gasteiger partial charge in [0.05, 0.1) is 35.9 Å². The minimum atomic E-state index is -4.28. The quantitative estimate of drug-likeness (QED) is 0.0148. The number of sulfone groups is 1. The van der Waals surface area contributed by atoms with Crippen LogP contribution in [0.3, 0.4) is 0 Å². The number of nitrogens with zero attached hydrogens (tertiary/aromatic N) is 2. The van der Waals surface area contributed by atoms with Gasteiger partial charge < -0.3 is 70.3 Å². The van der Waals surface area contributed by atoms with Gasteiger partial charge in [-0.15, -0.1) is 0 Å². The first-order chi connectivity index (χ1) is 42.9. The van der Waals surface area contributed by atoms with E-state index in [9.17, 15) is 56.7 Å². The fraction of sp³-hybridized carbons (Fsp3) is 0.571. The molecule has 29 heteroatoms. The Hall–Kier alpha value is -7.11. The summed E-state index contributed by atoms with van der Waals surface area (Å²) in [5.74, 6) is -6.02. The van der Waals surface area contributed by atoms with Gasteiger partial charge in [-0.1, -0.05) is 78.7 Å². The number of methoxy groups -OCH3 is 2. The number of halogens is 2. The number of hydrogen-bond donors (Lipinski definition) is 7. The number of benzene rings is 2. The molecule has 5 rings (SSSR count). The highest BCUT2D eigenvalue weighted by molar-refractivity contribution is 9.09. The number of nitrogens with one attached hydrogen (secondary N) is 5. The van der Waals surface area contributed by atoms with Crippen LogP contribution in [0.4, 0.5) is 21.0 Å². The van der Waals surface area contributed by atoms with Gasteiger partial charge in [-0.3, -0.25) is 29.3 Å². The summed E-state index contributed by atoms with van der Waals surface area (Å²) in [5, 5.41) is 25.2. The number of nitrogens with two attached hydrogens (primary N) is 1. The summed E-state index contributed by atoms with van der Waals surface area (Å²) in [4.78, 5) is 124. The fourth-order valence-corrected chi connectivity index (χ4v) is 12.2. The second-order valence-electron chi connectivity index (χ2n) is 24.7. The second-order valence-corrected chi connectivity index (χ2v) is 27.6. The van der Waals surface area contributed by atoms with Crippen LogP contribution in [0.25, 0.3) is 0 Å². The molecule has 0 radical (unpaired) electrons. The lowest BCUT2D eigenvalue weighted by Gasteiger charge is -2.42. The number of ether oxygens (including phenoxy) is 6. The Morgan fingerprint density at radius 1 is 1.04 bits per heavy atom. The summed E-state index contributed by atoms with van der Waals surface area (Å²) < 4.78 is 62.1. The highest BCUT2D eigenvalue weighted by Gasteiger charge is 2.64. The first-order valence-electron chi connectivity index (χ1n) is 30.0. The van der Waals surface area contributed by atoms with E-state index in [4.69, 9.17) is 45.8 Å². The molecule has 3 aliphatic rings. The molecular formula is C63H88BrClN8O18S. The molecular weight excluding hydrogens is 1300 g/mol. The van der Waals surface area contributed by atoms with Gasteiger partial charge in [0, 0.05) is 69.2 Å². The molecule has 0 saturated carbocycles. The van der Waals surface area contributed by atoms with E-state index in [1.165, 1.54) is 46.2 Å². The number of urea groups is 1. The third-order valence-corrected chi connectivity index (χ3v) is 18.6. The molecule has 0 unspecified atom stereocenters. The standard InChI is InChI=1S/C63H88BrClN8O18S/c1-34(2)52(70-49(74)22-15-16-25-61(7,8)91-57(79)36(4)33-64)55(77)69-42(20-18-26-67-59(66)81)54(76)68-41-24-23-40(30-46(41)92(14,84)85)56(78)72(10)38(6)58(80)89-48-31-50(75)73(11)43-28-39(29-44(86-12)51(43)65)27-35(3)19-17-21-47(87-13)63(83)32-45(88-60(82)71-63)37(5)53-62(48,9)90-53/h17,19,21,23-24,28-30,34,37-38,42,45,47-48,52-53,83H,4,15-16,18,20,22,25-27,31-33H2,1-3,5-14H3,(H,68,76)(H,69,77)(H,70,74)(H,71,82)(H3,66,67,81)/b21-17+,35-19+/t37-,38+,42+,45+,47-,48+,52+,53+,62+,63+/m1/s1. The maximum absolute atomic E-state index is 14.6. The Morgan fingerprint density at radius 2 is 1.73 bits per heavy atom. The molecule has 0 aromatic heterocycles. The van der Waals surface area contributed by atoms with E-state index < -0.39 is 146 Å². The number of carbonyl (C=O) groups excluding carboxylic acids is 9. The van der Waals surface area contributed by atoms with Crippen molar-refractivity contribution in [3.63, 3.8) is 0 Å². The van der Waals surface area contributed by atoms with Crippen molar-refractivity contribution in [2.75, 3.05) is 56.7 Å². The molecule has 26 nitrogen and oxygen atoms in total. The van der Waals surface area contributed by atoms with Crippen LogP contribution in [0.1, 0.15) is 123 Å². The van der Waals surface area contributed by atoms with Gasteiger partial charge in [-0.05, 0) is 115 Å². The highest BCUT2D eigenvalue weighted by atomic mass is 79.9. The minimum absolute atomic E-state index is 0.00973. The van der Waals surface area contributed by atoms with Crippen molar-refractivity contribution < 1.29 is 85.1 Å². The smallest absolute Gasteiger partial charge is 0.409 e. The number of allylic oxidation sites excluding steroid dienone is 3. The summed E-state index contributed by atoms with van der Waals surface area (Å²) in [5.41, 5.74) is 2.58. The summed E-state index contributed by atoms with van der Waals surface area (Å²) in [6.07, 6.45) is 1.72. The number of amides is 8. The first kappa shape index (κ1) is 75.6. The van der Waals surface area contributed by atoms with Gasteiger partial charge in [-0.25, -0.2) is 27.6 Å². The number of esters is 2. The van der Waals surface area contributed by atoms with E-state index in [2.05, 4.69) is 49.1 Å². The predicted octanol–water partition coefficient (Wildman–Crippen LogP) is 6.08. The summed E-state index contributed by atoms with van der Waals surface area (Å²) in [6.45, 7) is 17.1. The van der Waals surface area contributed by atoms with Crippen molar-refractivity contribution >= 4 is 102 Å². The molecule has 4 bridgehead atoms. The zero-order valence-electron chi connectivity index (χ0n) is 54.3. The van der Waals surface area contributed by atoms with Gasteiger partial charge in [-0.2, -0.15) is 0 Å². The van der Waals surface area contributed by atoms with Crippen molar-refractivity contribution in [3.8, 4) is 5.75 Å². The molecule has 508 valence electrons. The Balaban J connectivity index is 1.38. The molecule has 2 aromatic rings. The molecule has 92 heavy (non-hydrogen) atoms. The zero-order valence-corrected chi connectivity index (χ0v) is 57.5. The van der Waals surface area contributed by atoms with E-state index in [1.54, 1.807) is 71.9 Å². The maximum atomic E-state index is 14.6. The average molecular weight is 1390 g/mol. The van der Waals surface area contributed by atoms with Crippen LogP contribution in [0.15, 0.2) is 71.2 Å². The molecule has 2 saturated heterocycles. The van der Waals surface area contributed by atoms with Gasteiger partial charge in [0.2, 0.25) is 23.6 Å². The van der Waals surface area contributed by atoms with Crippen LogP contribution in [0.5, 0.6) is 5.75 Å². The Labute approximate surface area is 550 Å². The van der Waals surface area contributed by atoms with Crippen LogP contribution in [0, 0.1) is 11.8 Å². The van der Waals surface area contributed by atoms with Crippen molar-refractivity contribution in [3.05, 3.63) is 82.4 Å². The summed E-state index contributed by atoms with van der Waals surface area (Å²) >= 11 is 10.0. The molecule has 3 aliphatic heterocycles. The number of epoxide rings is 1. The third-order valence-electron chi connectivity index (χ3n) is 16.5. The van der Waals surface area contributed by atoms with Crippen LogP contribution < -0.4 is 42.0 Å². The molecule has 3 heterocycles. The van der Waals surface area contributed by atoms with Crippen LogP contribution in [-0.2, 0) is 68.7 Å². The number of hydrogen-bond acceptors (Lipinski definition) is 18. The number of primary amides is 1. The number of alkyl carbamates (subject to hydrolysis) is 1. The molecule has 8 N–H and O–H groups in total. The molecule has 2 fully saturated rings. The molecule has 8 amide bonds. The number of fused-ring (bicyclic) bond motifs is 5. The van der Waals surface area contributed by atoms with Crippen molar-refractivity contribution in [2.45, 2.75) is 178 Å². The average Bonchev–Trinajstić information content (AvgIpc) is 1.57. The normalized spacial score (nSPS) is 23.7. The largest absolute Gasteiger partial charge is 0.495 e.